The average Bonchev–Trinajstić information content (AvgIpc) is 2.34. The Hall–Kier alpha value is -0.980. The third-order valence-electron chi connectivity index (χ3n) is 1.79. The SMILES string of the molecule is C=C1C=C(/C(C)=C/C)CN1. The molecule has 0 atom stereocenters. The maximum Gasteiger partial charge on any atom is 0.0403 e. The third kappa shape index (κ3) is 1.29. The van der Waals surface area contributed by atoms with Crippen LogP contribution in [-0.4, -0.2) is 6.54 Å². The first kappa shape index (κ1) is 7.13. The number of hydrogen-bond acceptors (Lipinski definition) is 1. The second kappa shape index (κ2) is 2.74. The Morgan fingerprint density at radius 3 is 2.90 bits per heavy atom. The topological polar surface area (TPSA) is 12.0 Å². The Morgan fingerprint density at radius 1 is 1.80 bits per heavy atom. The number of hydrogen-bond donors (Lipinski definition) is 1. The fourth-order valence-corrected chi connectivity index (χ4v) is 0.960. The van der Waals surface area contributed by atoms with Crippen LogP contribution in [0.5, 0.6) is 0 Å². The lowest BCUT2D eigenvalue weighted by Gasteiger charge is -1.98. The van der Waals surface area contributed by atoms with Crippen molar-refractivity contribution in [1.29, 1.82) is 0 Å². The molecule has 0 bridgehead atoms. The highest BCUT2D eigenvalue weighted by molar-refractivity contribution is 5.40. The molecule has 10 heavy (non-hydrogen) atoms. The summed E-state index contributed by atoms with van der Waals surface area (Å²) in [7, 11) is 0. The molecule has 1 nitrogen and oxygen atoms in total. The Kier molecular flexibility index (Phi) is 1.95. The Bertz CT molecular complexity index is 209. The highest BCUT2D eigenvalue weighted by Crippen LogP contribution is 2.14. The second-order valence-electron chi connectivity index (χ2n) is 2.52. The van der Waals surface area contributed by atoms with E-state index in [2.05, 4.69) is 37.9 Å². The van der Waals surface area contributed by atoms with Gasteiger partial charge in [-0.25, -0.2) is 0 Å². The van der Waals surface area contributed by atoms with Gasteiger partial charge in [-0.3, -0.25) is 0 Å². The summed E-state index contributed by atoms with van der Waals surface area (Å²) in [6.07, 6.45) is 4.21. The van der Waals surface area contributed by atoms with Crippen molar-refractivity contribution < 1.29 is 0 Å². The van der Waals surface area contributed by atoms with Crippen LogP contribution in [0.4, 0.5) is 0 Å². The molecule has 1 aliphatic rings. The fraction of sp³-hybridized carbons (Fsp3) is 0.333. The van der Waals surface area contributed by atoms with E-state index in [1.54, 1.807) is 0 Å². The highest BCUT2D eigenvalue weighted by atomic mass is 14.9. The molecule has 0 amide bonds. The number of nitrogens with one attached hydrogen (secondary N) is 1. The number of rotatable bonds is 1. The average molecular weight is 135 g/mol. The van der Waals surface area contributed by atoms with Gasteiger partial charge in [-0.2, -0.15) is 0 Å². The van der Waals surface area contributed by atoms with Gasteiger partial charge in [-0.1, -0.05) is 18.2 Å². The third-order valence-corrected chi connectivity index (χ3v) is 1.79. The van der Waals surface area contributed by atoms with Gasteiger partial charge in [0.1, 0.15) is 0 Å². The zero-order valence-corrected chi connectivity index (χ0v) is 6.57. The van der Waals surface area contributed by atoms with E-state index in [9.17, 15) is 0 Å². The molecule has 1 heterocycles. The van der Waals surface area contributed by atoms with Crippen LogP contribution in [0.25, 0.3) is 0 Å². The van der Waals surface area contributed by atoms with Crippen LogP contribution in [-0.2, 0) is 0 Å². The van der Waals surface area contributed by atoms with Crippen LogP contribution < -0.4 is 5.32 Å². The summed E-state index contributed by atoms with van der Waals surface area (Å²) in [5.41, 5.74) is 3.72. The predicted molar refractivity (Wildman–Crippen MR) is 44.7 cm³/mol. The lowest BCUT2D eigenvalue weighted by Crippen LogP contribution is -2.06. The van der Waals surface area contributed by atoms with Crippen molar-refractivity contribution >= 4 is 0 Å². The molecule has 1 rings (SSSR count). The summed E-state index contributed by atoms with van der Waals surface area (Å²) < 4.78 is 0. The minimum absolute atomic E-state index is 0.939. The molecule has 0 aromatic rings. The van der Waals surface area contributed by atoms with Crippen molar-refractivity contribution in [2.45, 2.75) is 13.8 Å². The van der Waals surface area contributed by atoms with Crippen molar-refractivity contribution in [1.82, 2.24) is 5.32 Å². The molecule has 0 fully saturated rings. The zero-order chi connectivity index (χ0) is 7.56. The van der Waals surface area contributed by atoms with Crippen molar-refractivity contribution in [3.05, 3.63) is 35.6 Å². The van der Waals surface area contributed by atoms with Gasteiger partial charge < -0.3 is 5.32 Å². The standard InChI is InChI=1S/C9H13N/c1-4-7(2)9-5-8(3)10-6-9/h4-5,10H,3,6H2,1-2H3/b7-4+. The minimum atomic E-state index is 0.939. The van der Waals surface area contributed by atoms with Crippen LogP contribution in [0.15, 0.2) is 35.6 Å². The molecule has 0 aromatic carbocycles. The maximum absolute atomic E-state index is 3.81. The van der Waals surface area contributed by atoms with E-state index in [0.717, 1.165) is 12.2 Å². The summed E-state index contributed by atoms with van der Waals surface area (Å²) in [5.74, 6) is 0. The number of allylic oxidation sites excluding steroid dienone is 2. The van der Waals surface area contributed by atoms with Gasteiger partial charge in [-0.05, 0) is 25.5 Å². The molecular weight excluding hydrogens is 122 g/mol. The Balaban J connectivity index is 2.76. The van der Waals surface area contributed by atoms with Gasteiger partial charge in [0.15, 0.2) is 0 Å². The van der Waals surface area contributed by atoms with Crippen LogP contribution in [0.1, 0.15) is 13.8 Å². The van der Waals surface area contributed by atoms with Crippen molar-refractivity contribution in [3.8, 4) is 0 Å². The van der Waals surface area contributed by atoms with E-state index in [-0.39, 0.29) is 0 Å². The van der Waals surface area contributed by atoms with E-state index < -0.39 is 0 Å². The Morgan fingerprint density at radius 2 is 2.50 bits per heavy atom. The first-order valence-electron chi connectivity index (χ1n) is 3.50. The van der Waals surface area contributed by atoms with E-state index in [4.69, 9.17) is 0 Å². The van der Waals surface area contributed by atoms with Crippen molar-refractivity contribution in [2.24, 2.45) is 0 Å². The van der Waals surface area contributed by atoms with Gasteiger partial charge in [0.25, 0.3) is 0 Å². The smallest absolute Gasteiger partial charge is 0.0403 e. The molecule has 54 valence electrons. The molecule has 0 spiro atoms. The fourth-order valence-electron chi connectivity index (χ4n) is 0.960. The molecular formula is C9H13N. The Labute approximate surface area is 62.1 Å². The normalized spacial score (nSPS) is 18.8. The van der Waals surface area contributed by atoms with Crippen LogP contribution >= 0.6 is 0 Å². The summed E-state index contributed by atoms with van der Waals surface area (Å²) >= 11 is 0. The zero-order valence-electron chi connectivity index (χ0n) is 6.57. The molecule has 1 aliphatic heterocycles. The quantitative estimate of drug-likeness (QED) is 0.580. The molecule has 1 N–H and O–H groups in total. The predicted octanol–water partition coefficient (Wildman–Crippen LogP) is 2.00. The van der Waals surface area contributed by atoms with Crippen LogP contribution in [0, 0.1) is 0 Å². The highest BCUT2D eigenvalue weighted by Gasteiger charge is 2.05. The van der Waals surface area contributed by atoms with E-state index >= 15 is 0 Å². The molecule has 0 aromatic heterocycles. The monoisotopic (exact) mass is 135 g/mol. The lowest BCUT2D eigenvalue weighted by atomic mass is 10.1. The molecule has 0 saturated carbocycles. The van der Waals surface area contributed by atoms with Crippen LogP contribution in [0.2, 0.25) is 0 Å². The van der Waals surface area contributed by atoms with Gasteiger partial charge in [-0.15, -0.1) is 0 Å². The molecule has 0 radical (unpaired) electrons. The van der Waals surface area contributed by atoms with Gasteiger partial charge in [0.2, 0.25) is 0 Å². The van der Waals surface area contributed by atoms with Crippen LogP contribution in [0.3, 0.4) is 0 Å². The van der Waals surface area contributed by atoms with Gasteiger partial charge in [0.05, 0.1) is 0 Å². The van der Waals surface area contributed by atoms with E-state index in [1.807, 2.05) is 0 Å². The van der Waals surface area contributed by atoms with E-state index in [1.165, 1.54) is 11.1 Å². The summed E-state index contributed by atoms with van der Waals surface area (Å²) in [4.78, 5) is 0. The molecule has 0 saturated heterocycles. The van der Waals surface area contributed by atoms with Gasteiger partial charge >= 0.3 is 0 Å². The summed E-state index contributed by atoms with van der Waals surface area (Å²) in [5, 5.41) is 3.16. The lowest BCUT2D eigenvalue weighted by molar-refractivity contribution is 0.959. The maximum atomic E-state index is 3.81. The molecule has 1 heteroatoms. The minimum Gasteiger partial charge on any atom is -0.381 e. The summed E-state index contributed by atoms with van der Waals surface area (Å²) in [6.45, 7) is 8.92. The second-order valence-corrected chi connectivity index (χ2v) is 2.52. The largest absolute Gasteiger partial charge is 0.381 e. The van der Waals surface area contributed by atoms with Crippen molar-refractivity contribution in [3.63, 3.8) is 0 Å². The molecule has 0 unspecified atom stereocenters. The molecule has 0 aliphatic carbocycles. The van der Waals surface area contributed by atoms with Crippen molar-refractivity contribution in [2.75, 3.05) is 6.54 Å². The first-order valence-corrected chi connectivity index (χ1v) is 3.50. The van der Waals surface area contributed by atoms with Gasteiger partial charge in [0, 0.05) is 12.2 Å². The summed E-state index contributed by atoms with van der Waals surface area (Å²) in [6, 6.07) is 0. The first-order chi connectivity index (χ1) is 4.74. The van der Waals surface area contributed by atoms with E-state index in [0.29, 0.717) is 0 Å².